The number of aliphatic carboxylic acids is 1. The molecule has 0 aromatic heterocycles. The fraction of sp³-hybridized carbons (Fsp3) is 0.406. The lowest BCUT2D eigenvalue weighted by atomic mass is 9.69. The highest BCUT2D eigenvalue weighted by Gasteiger charge is 2.39. The van der Waals surface area contributed by atoms with Crippen molar-refractivity contribution in [2.45, 2.75) is 58.0 Å². The van der Waals surface area contributed by atoms with Crippen LogP contribution in [0, 0.1) is 11.8 Å². The molecule has 5 nitrogen and oxygen atoms in total. The van der Waals surface area contributed by atoms with Gasteiger partial charge in [0, 0.05) is 19.3 Å². The Labute approximate surface area is 220 Å². The molecule has 0 saturated heterocycles. The highest BCUT2D eigenvalue weighted by Crippen LogP contribution is 2.43. The molecule has 0 amide bonds. The summed E-state index contributed by atoms with van der Waals surface area (Å²) >= 11 is 0. The number of fused-ring (bicyclic) bond motifs is 1. The number of rotatable bonds is 7. The summed E-state index contributed by atoms with van der Waals surface area (Å²) < 4.78 is 0. The van der Waals surface area contributed by atoms with Crippen LogP contribution in [0.1, 0.15) is 63.0 Å². The Kier molecular flexibility index (Phi) is 7.14. The molecule has 5 heteroatoms. The van der Waals surface area contributed by atoms with Gasteiger partial charge in [-0.3, -0.25) is 4.79 Å². The molecule has 37 heavy (non-hydrogen) atoms. The lowest BCUT2D eigenvalue weighted by Gasteiger charge is -2.36. The van der Waals surface area contributed by atoms with E-state index in [2.05, 4.69) is 110 Å². The number of carboxylic acid groups (broad SMARTS) is 1. The van der Waals surface area contributed by atoms with Crippen molar-refractivity contribution < 1.29 is 9.90 Å². The predicted octanol–water partition coefficient (Wildman–Crippen LogP) is 7.38. The van der Waals surface area contributed by atoms with E-state index >= 15 is 0 Å². The smallest absolute Gasteiger partial charge is 0.307 e. The van der Waals surface area contributed by atoms with Crippen LogP contribution in [-0.4, -0.2) is 30.8 Å². The number of carbonyl (C=O) groups is 1. The number of nitrogens with one attached hydrogen (secondary N) is 2. The molecule has 4 atom stereocenters. The van der Waals surface area contributed by atoms with Gasteiger partial charge in [-0.15, -0.1) is 0 Å². The topological polar surface area (TPSA) is 64.6 Å². The van der Waals surface area contributed by atoms with Gasteiger partial charge >= 0.3 is 5.97 Å². The first-order chi connectivity index (χ1) is 17.8. The zero-order chi connectivity index (χ0) is 26.1. The Bertz CT molecular complexity index is 1240. The monoisotopic (exact) mass is 497 g/mol. The van der Waals surface area contributed by atoms with Gasteiger partial charge in [0.1, 0.15) is 0 Å². The van der Waals surface area contributed by atoms with E-state index < -0.39 is 5.97 Å². The molecule has 194 valence electrons. The van der Waals surface area contributed by atoms with Crippen LogP contribution in [0.2, 0.25) is 0 Å². The van der Waals surface area contributed by atoms with Crippen LogP contribution in [0.3, 0.4) is 0 Å². The van der Waals surface area contributed by atoms with Gasteiger partial charge in [-0.05, 0) is 84.0 Å². The first-order valence-electron chi connectivity index (χ1n) is 13.6. The van der Waals surface area contributed by atoms with E-state index in [0.29, 0.717) is 12.5 Å². The number of carboxylic acids is 1. The molecule has 2 aliphatic rings. The maximum atomic E-state index is 12.5. The first-order valence-corrected chi connectivity index (χ1v) is 13.6. The lowest BCUT2D eigenvalue weighted by molar-refractivity contribution is -0.145. The van der Waals surface area contributed by atoms with Crippen LogP contribution in [0.5, 0.6) is 0 Å². The normalized spacial score (nSPS) is 23.0. The maximum Gasteiger partial charge on any atom is 0.307 e. The molecule has 1 aliphatic carbocycles. The van der Waals surface area contributed by atoms with Gasteiger partial charge in [-0.1, -0.05) is 62.7 Å². The molecule has 1 aliphatic heterocycles. The third-order valence-corrected chi connectivity index (χ3v) is 8.46. The van der Waals surface area contributed by atoms with Crippen molar-refractivity contribution in [1.82, 2.24) is 0 Å². The number of benzene rings is 3. The molecule has 3 unspecified atom stereocenters. The zero-order valence-electron chi connectivity index (χ0n) is 22.4. The molecular weight excluding hydrogens is 458 g/mol. The molecule has 0 radical (unpaired) electrons. The third-order valence-electron chi connectivity index (χ3n) is 8.46. The van der Waals surface area contributed by atoms with Crippen LogP contribution >= 0.6 is 0 Å². The minimum Gasteiger partial charge on any atom is -0.481 e. The number of hydrogen-bond acceptors (Lipinski definition) is 4. The summed E-state index contributed by atoms with van der Waals surface area (Å²) in [6, 6.07) is 23.7. The van der Waals surface area contributed by atoms with Gasteiger partial charge in [-0.25, -0.2) is 0 Å². The van der Waals surface area contributed by atoms with Crippen molar-refractivity contribution in [3.05, 3.63) is 77.9 Å². The number of anilines is 3. The van der Waals surface area contributed by atoms with Gasteiger partial charge < -0.3 is 20.6 Å². The quantitative estimate of drug-likeness (QED) is 0.318. The van der Waals surface area contributed by atoms with Gasteiger partial charge in [0.25, 0.3) is 0 Å². The molecule has 3 aromatic carbocycles. The van der Waals surface area contributed by atoms with Gasteiger partial charge in [-0.2, -0.15) is 0 Å². The molecule has 1 saturated carbocycles. The molecule has 3 N–H and O–H groups in total. The fourth-order valence-corrected chi connectivity index (χ4v) is 6.09. The van der Waals surface area contributed by atoms with Crippen molar-refractivity contribution in [3.8, 4) is 11.1 Å². The average molecular weight is 498 g/mol. The first kappa shape index (κ1) is 25.2. The van der Waals surface area contributed by atoms with Gasteiger partial charge in [0.15, 0.2) is 0 Å². The minimum atomic E-state index is -0.682. The van der Waals surface area contributed by atoms with Crippen LogP contribution in [0.15, 0.2) is 66.7 Å². The van der Waals surface area contributed by atoms with Crippen LogP contribution in [0.25, 0.3) is 11.1 Å². The number of hydrogen-bond donors (Lipinski definition) is 3. The van der Waals surface area contributed by atoms with E-state index in [0.717, 1.165) is 41.8 Å². The molecule has 0 spiro atoms. The molecule has 3 aromatic rings. The summed E-state index contributed by atoms with van der Waals surface area (Å²) in [5.74, 6) is -0.434. The van der Waals surface area contributed by atoms with E-state index in [1.807, 2.05) is 0 Å². The zero-order valence-corrected chi connectivity index (χ0v) is 22.4. The summed E-state index contributed by atoms with van der Waals surface area (Å²) in [7, 11) is 2.10. The van der Waals surface area contributed by atoms with Crippen LogP contribution in [-0.2, 0) is 4.79 Å². The molecule has 1 fully saturated rings. The van der Waals surface area contributed by atoms with Crippen molar-refractivity contribution in [2.75, 3.05) is 29.1 Å². The van der Waals surface area contributed by atoms with E-state index in [-0.39, 0.29) is 23.9 Å². The Morgan fingerprint density at radius 1 is 1.03 bits per heavy atom. The van der Waals surface area contributed by atoms with Crippen LogP contribution < -0.4 is 15.5 Å². The summed E-state index contributed by atoms with van der Waals surface area (Å²) in [6.45, 7) is 7.22. The number of nitrogens with zero attached hydrogens (tertiary/aromatic N) is 1. The molecule has 1 heterocycles. The Morgan fingerprint density at radius 2 is 1.73 bits per heavy atom. The predicted molar refractivity (Wildman–Crippen MR) is 154 cm³/mol. The van der Waals surface area contributed by atoms with Gasteiger partial charge in [0.2, 0.25) is 0 Å². The highest BCUT2D eigenvalue weighted by atomic mass is 16.4. The Hall–Kier alpha value is -3.47. The summed E-state index contributed by atoms with van der Waals surface area (Å²) in [5.41, 5.74) is 8.21. The van der Waals surface area contributed by atoms with Crippen molar-refractivity contribution >= 4 is 23.0 Å². The molecule has 5 rings (SSSR count). The summed E-state index contributed by atoms with van der Waals surface area (Å²) in [6.07, 6.45) is 3.20. The van der Waals surface area contributed by atoms with E-state index in [9.17, 15) is 9.90 Å². The molecule has 0 bridgehead atoms. The van der Waals surface area contributed by atoms with Gasteiger partial charge in [0.05, 0.1) is 23.5 Å². The van der Waals surface area contributed by atoms with E-state index in [1.54, 1.807) is 0 Å². The largest absolute Gasteiger partial charge is 0.481 e. The summed E-state index contributed by atoms with van der Waals surface area (Å²) in [5, 5.41) is 17.3. The maximum absolute atomic E-state index is 12.5. The lowest BCUT2D eigenvalue weighted by Crippen LogP contribution is -2.36. The SMILES string of the molecule is CC(C)c1ccc(NCC2CCCC(c3ccc(-c4ccc5c(c4)NC(C)N5C)cc3)[C@H]2C(=O)O)cc1. The highest BCUT2D eigenvalue weighted by molar-refractivity contribution is 5.81. The van der Waals surface area contributed by atoms with E-state index in [1.165, 1.54) is 16.8 Å². The average Bonchev–Trinajstić information content (AvgIpc) is 3.19. The van der Waals surface area contributed by atoms with Crippen molar-refractivity contribution in [2.24, 2.45) is 11.8 Å². The second-order valence-corrected chi connectivity index (χ2v) is 11.1. The Balaban J connectivity index is 1.30. The second-order valence-electron chi connectivity index (χ2n) is 11.1. The third kappa shape index (κ3) is 5.18. The second kappa shape index (κ2) is 10.5. The van der Waals surface area contributed by atoms with Crippen LogP contribution in [0.4, 0.5) is 17.1 Å². The molecular formula is C32H39N3O2. The summed E-state index contributed by atoms with van der Waals surface area (Å²) in [4.78, 5) is 14.7. The van der Waals surface area contributed by atoms with Crippen molar-refractivity contribution in [1.29, 1.82) is 0 Å². The minimum absolute atomic E-state index is 0.0339. The van der Waals surface area contributed by atoms with Crippen molar-refractivity contribution in [3.63, 3.8) is 0 Å². The van der Waals surface area contributed by atoms with E-state index in [4.69, 9.17) is 0 Å². The fourth-order valence-electron chi connectivity index (χ4n) is 6.09. The Morgan fingerprint density at radius 3 is 2.41 bits per heavy atom. The standard InChI is InChI=1S/C32H39N3O2/c1-20(2)22-12-15-27(16-13-22)33-19-26-6-5-7-28(31(26)32(36)37)24-10-8-23(9-11-24)25-14-17-30-29(18-25)34-21(3)35(30)4/h8-18,20-21,26,28,31,33-34H,5-7,19H2,1-4H3,(H,36,37)/t21?,26?,28?,31-/m0/s1.